The van der Waals surface area contributed by atoms with Gasteiger partial charge in [-0.15, -0.1) is 22.7 Å². The Morgan fingerprint density at radius 1 is 0.880 bits per heavy atom. The topological polar surface area (TPSA) is 66.2 Å². The molecule has 2 heterocycles. The number of hydrogen-bond acceptors (Lipinski definition) is 6. The average molecular weight is 373 g/mol. The predicted octanol–water partition coefficient (Wildman–Crippen LogP) is 5.69. The van der Waals surface area contributed by atoms with Crippen LogP contribution in [0.25, 0.3) is 20.4 Å². The van der Waals surface area contributed by atoms with Crippen LogP contribution in [0.4, 0.5) is 0 Å². The third-order valence-corrected chi connectivity index (χ3v) is 6.12. The van der Waals surface area contributed by atoms with E-state index >= 15 is 0 Å². The lowest BCUT2D eigenvalue weighted by atomic mass is 10.2. The minimum atomic E-state index is 0.285. The molecule has 2 aromatic carbocycles. The highest BCUT2D eigenvalue weighted by molar-refractivity contribution is 7.18. The molecule has 0 saturated heterocycles. The maximum absolute atomic E-state index is 9.24. The fourth-order valence-corrected chi connectivity index (χ4v) is 4.13. The van der Waals surface area contributed by atoms with Crippen molar-refractivity contribution in [2.75, 3.05) is 0 Å². The van der Waals surface area contributed by atoms with Crippen LogP contribution in [0.2, 0.25) is 0 Å². The Hall–Kier alpha value is -2.18. The Labute approximate surface area is 154 Å². The first-order valence-electron chi connectivity index (χ1n) is 8.14. The molecule has 2 N–H and O–H groups in total. The van der Waals surface area contributed by atoms with E-state index in [1.807, 2.05) is 12.1 Å². The summed E-state index contributed by atoms with van der Waals surface area (Å²) in [6.45, 7) is 6.33. The van der Waals surface area contributed by atoms with Gasteiger partial charge in [0.05, 0.1) is 30.4 Å². The number of thiazole rings is 2. The van der Waals surface area contributed by atoms with Gasteiger partial charge in [-0.25, -0.2) is 9.97 Å². The van der Waals surface area contributed by atoms with Gasteiger partial charge in [0.2, 0.25) is 0 Å². The summed E-state index contributed by atoms with van der Waals surface area (Å²) in [6.07, 6.45) is 0.958. The zero-order valence-corrected chi connectivity index (χ0v) is 16.0. The van der Waals surface area contributed by atoms with Crippen molar-refractivity contribution in [3.05, 3.63) is 46.4 Å². The van der Waals surface area contributed by atoms with E-state index < -0.39 is 0 Å². The minimum absolute atomic E-state index is 0.285. The van der Waals surface area contributed by atoms with Crippen molar-refractivity contribution in [2.24, 2.45) is 0 Å². The van der Waals surface area contributed by atoms with Gasteiger partial charge in [-0.2, -0.15) is 0 Å². The Kier molecular flexibility index (Phi) is 5.20. The van der Waals surface area contributed by atoms with Crippen molar-refractivity contribution in [1.29, 1.82) is 0 Å². The maximum Gasteiger partial charge on any atom is 0.117 e. The zero-order valence-electron chi connectivity index (χ0n) is 14.4. The Morgan fingerprint density at radius 2 is 1.44 bits per heavy atom. The van der Waals surface area contributed by atoms with Gasteiger partial charge in [0, 0.05) is 18.1 Å². The number of fused-ring (bicyclic) bond motifs is 2. The molecule has 6 heteroatoms. The van der Waals surface area contributed by atoms with Crippen LogP contribution in [0.3, 0.4) is 0 Å². The second-order valence-corrected chi connectivity index (χ2v) is 8.15. The quantitative estimate of drug-likeness (QED) is 0.474. The summed E-state index contributed by atoms with van der Waals surface area (Å²) in [5, 5.41) is 20.7. The van der Waals surface area contributed by atoms with Gasteiger partial charge in [0.25, 0.3) is 0 Å². The van der Waals surface area contributed by atoms with Gasteiger partial charge in [-0.05, 0) is 30.7 Å². The molecule has 130 valence electrons. The number of hydrogen-bond donors (Lipinski definition) is 2. The van der Waals surface area contributed by atoms with Crippen molar-refractivity contribution >= 4 is 43.1 Å². The number of aromatic nitrogens is 2. The minimum Gasteiger partial charge on any atom is -0.508 e. The van der Waals surface area contributed by atoms with E-state index in [0.717, 1.165) is 36.9 Å². The van der Waals surface area contributed by atoms with Gasteiger partial charge < -0.3 is 10.2 Å². The predicted molar refractivity (Wildman–Crippen MR) is 106 cm³/mol. The lowest BCUT2D eigenvalue weighted by Gasteiger charge is -1.94. The van der Waals surface area contributed by atoms with Gasteiger partial charge >= 0.3 is 0 Å². The molecule has 0 spiro atoms. The van der Waals surface area contributed by atoms with E-state index in [9.17, 15) is 10.2 Å². The molecular formula is C19H20N2O2S2. The number of rotatable bonds is 2. The van der Waals surface area contributed by atoms with E-state index in [-0.39, 0.29) is 11.5 Å². The fraction of sp³-hybridized carbons (Fsp3) is 0.263. The van der Waals surface area contributed by atoms with Crippen LogP contribution >= 0.6 is 22.7 Å². The first-order valence-corrected chi connectivity index (χ1v) is 9.77. The third kappa shape index (κ3) is 4.08. The molecule has 0 atom stereocenters. The summed E-state index contributed by atoms with van der Waals surface area (Å²) in [4.78, 5) is 8.78. The highest BCUT2D eigenvalue weighted by Gasteiger charge is 2.07. The molecule has 0 aliphatic carbocycles. The number of benzene rings is 2. The molecule has 0 aliphatic rings. The third-order valence-electron chi connectivity index (χ3n) is 3.60. The molecule has 0 fully saturated rings. The Balaban J connectivity index is 0.000000146. The molecule has 0 unspecified atom stereocenters. The molecule has 0 radical (unpaired) electrons. The number of aryl methyl sites for hydroxylation is 1. The SMILES string of the molecule is CC(C)c1nc2cc(O)ccc2s1.CCc1nc2cc(O)ccc2s1. The van der Waals surface area contributed by atoms with Crippen molar-refractivity contribution in [2.45, 2.75) is 33.1 Å². The zero-order chi connectivity index (χ0) is 18.0. The summed E-state index contributed by atoms with van der Waals surface area (Å²) in [5.74, 6) is 1.03. The molecule has 0 saturated carbocycles. The van der Waals surface area contributed by atoms with E-state index in [4.69, 9.17) is 0 Å². The van der Waals surface area contributed by atoms with E-state index in [0.29, 0.717) is 5.92 Å². The van der Waals surface area contributed by atoms with Gasteiger partial charge in [0.1, 0.15) is 11.5 Å². The van der Waals surface area contributed by atoms with Crippen LogP contribution in [-0.2, 0) is 6.42 Å². The molecule has 0 amide bonds. The maximum atomic E-state index is 9.24. The molecule has 0 bridgehead atoms. The number of aromatic hydroxyl groups is 2. The van der Waals surface area contributed by atoms with Crippen LogP contribution in [-0.4, -0.2) is 20.2 Å². The van der Waals surface area contributed by atoms with Crippen molar-refractivity contribution < 1.29 is 10.2 Å². The Bertz CT molecular complexity index is 1010. The summed E-state index contributed by atoms with van der Waals surface area (Å²) in [6, 6.07) is 10.6. The lowest BCUT2D eigenvalue weighted by molar-refractivity contribution is 0.475. The van der Waals surface area contributed by atoms with Gasteiger partial charge in [0.15, 0.2) is 0 Å². The second-order valence-electron chi connectivity index (χ2n) is 5.97. The average Bonchev–Trinajstić information content (AvgIpc) is 3.17. The van der Waals surface area contributed by atoms with Crippen molar-refractivity contribution in [1.82, 2.24) is 9.97 Å². The van der Waals surface area contributed by atoms with Gasteiger partial charge in [-0.1, -0.05) is 20.8 Å². The normalized spacial score (nSPS) is 11.0. The lowest BCUT2D eigenvalue weighted by Crippen LogP contribution is -1.82. The molecule has 25 heavy (non-hydrogen) atoms. The summed E-state index contributed by atoms with van der Waals surface area (Å²) in [7, 11) is 0. The summed E-state index contributed by atoms with van der Waals surface area (Å²) < 4.78 is 2.28. The number of phenols is 2. The number of phenolic OH excluding ortho intramolecular Hbond substituents is 2. The van der Waals surface area contributed by atoms with Gasteiger partial charge in [-0.3, -0.25) is 0 Å². The van der Waals surface area contributed by atoms with E-state index in [1.165, 1.54) is 0 Å². The Morgan fingerprint density at radius 3 is 2.00 bits per heavy atom. The van der Waals surface area contributed by atoms with Crippen LogP contribution < -0.4 is 0 Å². The number of nitrogens with zero attached hydrogens (tertiary/aromatic N) is 2. The van der Waals surface area contributed by atoms with Crippen LogP contribution in [0.5, 0.6) is 11.5 Å². The molecule has 4 rings (SSSR count). The standard InChI is InChI=1S/C10H11NOS.C9H9NOS/c1-6(2)10-11-8-5-7(12)3-4-9(8)13-10;1-2-9-10-7-5-6(11)3-4-8(7)12-9/h3-6,12H,1-2H3;3-5,11H,2H2,1H3. The summed E-state index contributed by atoms with van der Waals surface area (Å²) >= 11 is 3.38. The van der Waals surface area contributed by atoms with Crippen LogP contribution in [0.1, 0.15) is 36.7 Å². The first-order chi connectivity index (χ1) is 12.0. The van der Waals surface area contributed by atoms with Crippen molar-refractivity contribution in [3.63, 3.8) is 0 Å². The van der Waals surface area contributed by atoms with E-state index in [2.05, 4.69) is 30.7 Å². The largest absolute Gasteiger partial charge is 0.508 e. The smallest absolute Gasteiger partial charge is 0.117 e. The summed E-state index contributed by atoms with van der Waals surface area (Å²) in [5.41, 5.74) is 1.80. The highest BCUT2D eigenvalue weighted by atomic mass is 32.1. The first kappa shape index (κ1) is 17.6. The van der Waals surface area contributed by atoms with Crippen molar-refractivity contribution in [3.8, 4) is 11.5 Å². The second kappa shape index (κ2) is 7.37. The van der Waals surface area contributed by atoms with Crippen LogP contribution in [0.15, 0.2) is 36.4 Å². The molecule has 4 nitrogen and oxygen atoms in total. The monoisotopic (exact) mass is 372 g/mol. The van der Waals surface area contributed by atoms with Crippen LogP contribution in [0, 0.1) is 0 Å². The molecular weight excluding hydrogens is 352 g/mol. The fourth-order valence-electron chi connectivity index (χ4n) is 2.30. The molecule has 0 aliphatic heterocycles. The molecule has 4 aromatic rings. The molecule has 2 aromatic heterocycles. The highest BCUT2D eigenvalue weighted by Crippen LogP contribution is 2.29. The van der Waals surface area contributed by atoms with E-state index in [1.54, 1.807) is 46.9 Å².